The number of hydrogen-bond donors (Lipinski definition) is 0. The van der Waals surface area contributed by atoms with Crippen LogP contribution in [0.2, 0.25) is 0 Å². The first-order valence-corrected chi connectivity index (χ1v) is 10.1. The molecule has 0 aliphatic heterocycles. The molecule has 0 saturated heterocycles. The first-order valence-electron chi connectivity index (χ1n) is 10.1. The van der Waals surface area contributed by atoms with E-state index in [-0.39, 0.29) is 12.5 Å². The Hall–Kier alpha value is -1.76. The third kappa shape index (κ3) is 14.6. The highest BCUT2D eigenvalue weighted by Gasteiger charge is 2.09. The predicted molar refractivity (Wildman–Crippen MR) is 108 cm³/mol. The number of hydrogen-bond acceptors (Lipinski definition) is 3. The van der Waals surface area contributed by atoms with Crippen LogP contribution in [-0.4, -0.2) is 37.0 Å². The highest BCUT2D eigenvalue weighted by atomic mass is 16.5. The number of methoxy groups -OCH3 is 1. The molecule has 0 aromatic rings. The van der Waals surface area contributed by atoms with Crippen molar-refractivity contribution < 1.29 is 14.3 Å². The van der Waals surface area contributed by atoms with Gasteiger partial charge in [0.2, 0.25) is 5.91 Å². The molecule has 148 valence electrons. The maximum Gasteiger partial charge on any atom is 0.330 e. The molecule has 0 aromatic heterocycles. The lowest BCUT2D eigenvalue weighted by atomic mass is 10.1. The van der Waals surface area contributed by atoms with Gasteiger partial charge in [-0.1, -0.05) is 83.5 Å². The zero-order chi connectivity index (χ0) is 19.5. The van der Waals surface area contributed by atoms with Gasteiger partial charge in [0.15, 0.2) is 0 Å². The van der Waals surface area contributed by atoms with Crippen molar-refractivity contribution in [2.24, 2.45) is 0 Å². The second-order valence-corrected chi connectivity index (χ2v) is 6.71. The van der Waals surface area contributed by atoms with E-state index in [9.17, 15) is 9.59 Å². The van der Waals surface area contributed by atoms with E-state index in [0.717, 1.165) is 18.9 Å². The molecule has 0 atom stereocenters. The highest BCUT2D eigenvalue weighted by Crippen LogP contribution is 2.12. The summed E-state index contributed by atoms with van der Waals surface area (Å²) in [5, 5.41) is 0. The molecule has 0 heterocycles. The molecule has 4 heteroatoms. The van der Waals surface area contributed by atoms with Gasteiger partial charge in [0.05, 0.1) is 13.7 Å². The van der Waals surface area contributed by atoms with Crippen molar-refractivity contribution in [2.45, 2.75) is 84.0 Å². The third-order valence-corrected chi connectivity index (χ3v) is 4.44. The summed E-state index contributed by atoms with van der Waals surface area (Å²) in [6.07, 6.45) is 23.0. The van der Waals surface area contributed by atoms with Crippen molar-refractivity contribution in [3.05, 3.63) is 12.2 Å². The van der Waals surface area contributed by atoms with Crippen LogP contribution >= 0.6 is 0 Å². The van der Waals surface area contributed by atoms with Crippen LogP contribution in [0.15, 0.2) is 12.2 Å². The van der Waals surface area contributed by atoms with Crippen LogP contribution in [0.5, 0.6) is 0 Å². The van der Waals surface area contributed by atoms with Gasteiger partial charge in [-0.2, -0.15) is 0 Å². The summed E-state index contributed by atoms with van der Waals surface area (Å²) in [6.45, 7) is 3.15. The monoisotopic (exact) mass is 363 g/mol. The van der Waals surface area contributed by atoms with E-state index in [0.29, 0.717) is 6.54 Å². The van der Waals surface area contributed by atoms with Crippen molar-refractivity contribution >= 4 is 11.9 Å². The molecule has 26 heavy (non-hydrogen) atoms. The zero-order valence-electron chi connectivity index (χ0n) is 16.8. The molecule has 0 radical (unpaired) electrons. The Kier molecular flexibility index (Phi) is 16.8. The Balaban J connectivity index is 3.71. The number of rotatable bonds is 16. The third-order valence-electron chi connectivity index (χ3n) is 4.44. The summed E-state index contributed by atoms with van der Waals surface area (Å²) >= 11 is 0. The van der Waals surface area contributed by atoms with Gasteiger partial charge >= 0.3 is 5.97 Å². The van der Waals surface area contributed by atoms with E-state index in [1.807, 2.05) is 0 Å². The van der Waals surface area contributed by atoms with Crippen LogP contribution in [0.3, 0.4) is 0 Å². The average molecular weight is 364 g/mol. The normalized spacial score (nSPS) is 10.7. The standard InChI is InChI=1S/C22H37NO3/c1-4-6-7-8-9-10-11-12-13-14-15-16-20-23(19-5-2)21(24)17-18-22(25)26-3/h2,17-18H,4,6-16,19-20H2,1,3H3/b18-17+. The van der Waals surface area contributed by atoms with E-state index in [2.05, 4.69) is 17.6 Å². The number of ether oxygens (including phenoxy) is 1. The maximum absolute atomic E-state index is 12.0. The number of unbranched alkanes of at least 4 members (excludes halogenated alkanes) is 11. The van der Waals surface area contributed by atoms with Crippen LogP contribution in [0, 0.1) is 12.3 Å². The van der Waals surface area contributed by atoms with Gasteiger partial charge in [-0.3, -0.25) is 4.79 Å². The largest absolute Gasteiger partial charge is 0.466 e. The molecule has 0 rings (SSSR count). The minimum atomic E-state index is -0.538. The second kappa shape index (κ2) is 18.0. The Labute approximate surface area is 160 Å². The van der Waals surface area contributed by atoms with Crippen LogP contribution in [0.1, 0.15) is 84.0 Å². The molecular formula is C22H37NO3. The number of amides is 1. The van der Waals surface area contributed by atoms with E-state index < -0.39 is 5.97 Å². The number of nitrogens with zero attached hydrogens (tertiary/aromatic N) is 1. The molecule has 0 fully saturated rings. The van der Waals surface area contributed by atoms with E-state index in [1.165, 1.54) is 77.4 Å². The summed E-state index contributed by atoms with van der Waals surface area (Å²) in [7, 11) is 1.28. The minimum absolute atomic E-state index is 0.239. The fourth-order valence-corrected chi connectivity index (χ4v) is 2.83. The van der Waals surface area contributed by atoms with E-state index >= 15 is 0 Å². The van der Waals surface area contributed by atoms with Gasteiger partial charge in [-0.05, 0) is 6.42 Å². The van der Waals surface area contributed by atoms with Crippen molar-refractivity contribution in [3.63, 3.8) is 0 Å². The summed E-state index contributed by atoms with van der Waals surface area (Å²) < 4.78 is 4.48. The van der Waals surface area contributed by atoms with Gasteiger partial charge in [0.1, 0.15) is 0 Å². The van der Waals surface area contributed by atoms with Gasteiger partial charge in [-0.15, -0.1) is 6.42 Å². The zero-order valence-corrected chi connectivity index (χ0v) is 16.8. The summed E-state index contributed by atoms with van der Waals surface area (Å²) in [5.41, 5.74) is 0. The molecular weight excluding hydrogens is 326 g/mol. The smallest absolute Gasteiger partial charge is 0.330 e. The number of carbonyl (C=O) groups is 2. The number of terminal acetylenes is 1. The summed E-state index contributed by atoms with van der Waals surface area (Å²) in [4.78, 5) is 24.7. The fraction of sp³-hybridized carbons (Fsp3) is 0.727. The van der Waals surface area contributed by atoms with Crippen LogP contribution in [0.25, 0.3) is 0 Å². The topological polar surface area (TPSA) is 46.6 Å². The predicted octanol–water partition coefficient (Wildman–Crippen LogP) is 4.88. The maximum atomic E-state index is 12.0. The Morgan fingerprint density at radius 3 is 1.85 bits per heavy atom. The molecule has 0 aromatic carbocycles. The van der Waals surface area contributed by atoms with Crippen molar-refractivity contribution in [1.82, 2.24) is 4.90 Å². The van der Waals surface area contributed by atoms with Crippen molar-refractivity contribution in [3.8, 4) is 12.3 Å². The van der Waals surface area contributed by atoms with Gasteiger partial charge < -0.3 is 9.64 Å². The van der Waals surface area contributed by atoms with Gasteiger partial charge in [0.25, 0.3) is 0 Å². The number of carbonyl (C=O) groups excluding carboxylic acids is 2. The first kappa shape index (κ1) is 24.2. The molecule has 0 spiro atoms. The Morgan fingerprint density at radius 1 is 0.885 bits per heavy atom. The SMILES string of the molecule is C#CCN(CCCCCCCCCCCCCC)C(=O)/C=C/C(=O)OC. The Bertz CT molecular complexity index is 437. The molecule has 0 aliphatic rings. The molecule has 0 saturated carbocycles. The van der Waals surface area contributed by atoms with Gasteiger partial charge in [-0.25, -0.2) is 4.79 Å². The van der Waals surface area contributed by atoms with Crippen LogP contribution < -0.4 is 0 Å². The summed E-state index contributed by atoms with van der Waals surface area (Å²) in [5.74, 6) is 1.72. The van der Waals surface area contributed by atoms with Gasteiger partial charge in [0, 0.05) is 18.7 Å². The fourth-order valence-electron chi connectivity index (χ4n) is 2.83. The molecule has 4 nitrogen and oxygen atoms in total. The molecule has 1 amide bonds. The number of esters is 1. The highest BCUT2D eigenvalue weighted by molar-refractivity contribution is 5.94. The second-order valence-electron chi connectivity index (χ2n) is 6.71. The molecule has 0 bridgehead atoms. The van der Waals surface area contributed by atoms with Crippen molar-refractivity contribution in [2.75, 3.05) is 20.2 Å². The summed E-state index contributed by atoms with van der Waals surface area (Å²) in [6, 6.07) is 0. The van der Waals surface area contributed by atoms with E-state index in [4.69, 9.17) is 6.42 Å². The average Bonchev–Trinajstić information content (AvgIpc) is 2.65. The van der Waals surface area contributed by atoms with Crippen molar-refractivity contribution in [1.29, 1.82) is 0 Å². The lowest BCUT2D eigenvalue weighted by Gasteiger charge is -2.18. The quantitative estimate of drug-likeness (QED) is 0.170. The Morgan fingerprint density at radius 2 is 1.38 bits per heavy atom. The van der Waals surface area contributed by atoms with E-state index in [1.54, 1.807) is 4.90 Å². The van der Waals surface area contributed by atoms with Crippen LogP contribution in [0.4, 0.5) is 0 Å². The molecule has 0 unspecified atom stereocenters. The minimum Gasteiger partial charge on any atom is -0.466 e. The molecule has 0 aliphatic carbocycles. The molecule has 0 N–H and O–H groups in total. The lowest BCUT2D eigenvalue weighted by Crippen LogP contribution is -2.31. The lowest BCUT2D eigenvalue weighted by molar-refractivity contribution is -0.135. The first-order chi connectivity index (χ1) is 12.7. The van der Waals surface area contributed by atoms with Crippen LogP contribution in [-0.2, 0) is 14.3 Å².